The maximum atomic E-state index is 12.2. The Hall–Kier alpha value is -1.81. The molecule has 0 spiro atoms. The Kier molecular flexibility index (Phi) is 4.21. The molecular weight excluding hydrogens is 274 g/mol. The lowest BCUT2D eigenvalue weighted by atomic mass is 9.94. The number of nitrogens with zero attached hydrogens (tertiary/aromatic N) is 1. The Labute approximate surface area is 131 Å². The summed E-state index contributed by atoms with van der Waals surface area (Å²) in [4.78, 5) is 12.2. The van der Waals surface area contributed by atoms with Crippen molar-refractivity contribution < 1.29 is 4.79 Å². The fraction of sp³-hybridized carbons (Fsp3) is 0.500. The molecule has 4 nitrogen and oxygen atoms in total. The lowest BCUT2D eigenvalue weighted by Crippen LogP contribution is -2.30. The molecule has 0 aliphatic carbocycles. The van der Waals surface area contributed by atoms with Gasteiger partial charge in [-0.15, -0.1) is 0 Å². The summed E-state index contributed by atoms with van der Waals surface area (Å²) < 4.78 is 2.20. The summed E-state index contributed by atoms with van der Waals surface area (Å²) >= 11 is 0. The maximum absolute atomic E-state index is 12.2. The second-order valence-corrected chi connectivity index (χ2v) is 6.45. The number of amides is 1. The van der Waals surface area contributed by atoms with Gasteiger partial charge in [0.25, 0.3) is 0 Å². The molecule has 0 saturated carbocycles. The van der Waals surface area contributed by atoms with Crippen molar-refractivity contribution in [3.05, 3.63) is 29.5 Å². The standard InChI is InChI=1S/C18H25N3O/c1-12-13(2)21(3)17-5-4-15(11-16(12)17)20-18(22)10-14-6-8-19-9-7-14/h4-5,11,14,19H,6-10H2,1-3H3,(H,20,22). The molecule has 2 aromatic rings. The van der Waals surface area contributed by atoms with Gasteiger partial charge < -0.3 is 15.2 Å². The summed E-state index contributed by atoms with van der Waals surface area (Å²) in [6.45, 7) is 6.34. The monoisotopic (exact) mass is 299 g/mol. The molecule has 4 heteroatoms. The molecule has 1 aromatic heterocycles. The van der Waals surface area contributed by atoms with Gasteiger partial charge in [0.05, 0.1) is 0 Å². The minimum Gasteiger partial charge on any atom is -0.348 e. The van der Waals surface area contributed by atoms with Crippen molar-refractivity contribution in [3.8, 4) is 0 Å². The molecule has 3 rings (SSSR count). The SMILES string of the molecule is Cc1c(C)n(C)c2ccc(NC(=O)CC3CCNCC3)cc12. The fourth-order valence-electron chi connectivity index (χ4n) is 3.39. The number of rotatable bonds is 3. The van der Waals surface area contributed by atoms with Crippen molar-refractivity contribution >= 4 is 22.5 Å². The molecule has 1 amide bonds. The molecule has 1 fully saturated rings. The Bertz CT molecular complexity index is 696. The molecule has 1 saturated heterocycles. The van der Waals surface area contributed by atoms with Crippen LogP contribution in [0.25, 0.3) is 10.9 Å². The van der Waals surface area contributed by atoms with E-state index < -0.39 is 0 Å². The van der Waals surface area contributed by atoms with Gasteiger partial charge in [0.2, 0.25) is 5.91 Å². The molecule has 1 aliphatic heterocycles. The van der Waals surface area contributed by atoms with Crippen LogP contribution in [0.1, 0.15) is 30.5 Å². The minimum atomic E-state index is 0.136. The summed E-state index contributed by atoms with van der Waals surface area (Å²) in [5.74, 6) is 0.655. The Morgan fingerprint density at radius 2 is 2.05 bits per heavy atom. The predicted molar refractivity (Wildman–Crippen MR) is 91.2 cm³/mol. The molecule has 0 radical (unpaired) electrons. The van der Waals surface area contributed by atoms with Gasteiger partial charge in [0, 0.05) is 35.8 Å². The summed E-state index contributed by atoms with van der Waals surface area (Å²) in [5, 5.41) is 7.63. The number of aryl methyl sites for hydroxylation is 2. The molecule has 118 valence electrons. The van der Waals surface area contributed by atoms with E-state index in [0.717, 1.165) is 31.6 Å². The van der Waals surface area contributed by atoms with E-state index >= 15 is 0 Å². The number of nitrogens with one attached hydrogen (secondary N) is 2. The van der Waals surface area contributed by atoms with Crippen molar-refractivity contribution in [2.45, 2.75) is 33.1 Å². The second kappa shape index (κ2) is 6.13. The van der Waals surface area contributed by atoms with Crippen LogP contribution in [0.4, 0.5) is 5.69 Å². The van der Waals surface area contributed by atoms with E-state index in [1.165, 1.54) is 22.2 Å². The van der Waals surface area contributed by atoms with Crippen molar-refractivity contribution in [1.29, 1.82) is 0 Å². The third-order valence-electron chi connectivity index (χ3n) is 5.02. The second-order valence-electron chi connectivity index (χ2n) is 6.45. The van der Waals surface area contributed by atoms with Crippen LogP contribution in [0.2, 0.25) is 0 Å². The van der Waals surface area contributed by atoms with Crippen LogP contribution in [-0.2, 0) is 11.8 Å². The van der Waals surface area contributed by atoms with Gasteiger partial charge in [-0.25, -0.2) is 0 Å². The van der Waals surface area contributed by atoms with Crippen LogP contribution in [0.15, 0.2) is 18.2 Å². The number of piperidine rings is 1. The summed E-state index contributed by atoms with van der Waals surface area (Å²) in [6.07, 6.45) is 2.83. The zero-order valence-corrected chi connectivity index (χ0v) is 13.7. The fourth-order valence-corrected chi connectivity index (χ4v) is 3.39. The van der Waals surface area contributed by atoms with Crippen LogP contribution in [0.3, 0.4) is 0 Å². The van der Waals surface area contributed by atoms with E-state index in [9.17, 15) is 4.79 Å². The summed E-state index contributed by atoms with van der Waals surface area (Å²) in [7, 11) is 2.08. The zero-order chi connectivity index (χ0) is 15.7. The molecule has 0 bridgehead atoms. The average Bonchev–Trinajstić information content (AvgIpc) is 2.73. The van der Waals surface area contributed by atoms with E-state index in [1.54, 1.807) is 0 Å². The van der Waals surface area contributed by atoms with Crippen molar-refractivity contribution in [2.24, 2.45) is 13.0 Å². The number of benzene rings is 1. The summed E-state index contributed by atoms with van der Waals surface area (Å²) in [5.41, 5.74) is 4.67. The number of hydrogen-bond donors (Lipinski definition) is 2. The van der Waals surface area contributed by atoms with Crippen molar-refractivity contribution in [2.75, 3.05) is 18.4 Å². The van der Waals surface area contributed by atoms with Gasteiger partial charge >= 0.3 is 0 Å². The van der Waals surface area contributed by atoms with Gasteiger partial charge in [-0.3, -0.25) is 4.79 Å². The Morgan fingerprint density at radius 1 is 1.32 bits per heavy atom. The topological polar surface area (TPSA) is 46.1 Å². The van der Waals surface area contributed by atoms with Crippen LogP contribution < -0.4 is 10.6 Å². The normalized spacial score (nSPS) is 16.1. The first-order valence-corrected chi connectivity index (χ1v) is 8.12. The molecule has 2 N–H and O–H groups in total. The smallest absolute Gasteiger partial charge is 0.224 e. The Balaban J connectivity index is 1.73. The van der Waals surface area contributed by atoms with Crippen LogP contribution in [-0.4, -0.2) is 23.6 Å². The average molecular weight is 299 g/mol. The van der Waals surface area contributed by atoms with Crippen LogP contribution in [0, 0.1) is 19.8 Å². The quantitative estimate of drug-likeness (QED) is 0.914. The third-order valence-corrected chi connectivity index (χ3v) is 5.02. The highest BCUT2D eigenvalue weighted by molar-refractivity contribution is 5.95. The first kappa shape index (κ1) is 15.1. The molecule has 1 aromatic carbocycles. The van der Waals surface area contributed by atoms with Gasteiger partial charge in [-0.2, -0.15) is 0 Å². The van der Waals surface area contributed by atoms with Gasteiger partial charge in [0.15, 0.2) is 0 Å². The van der Waals surface area contributed by atoms with E-state index in [-0.39, 0.29) is 5.91 Å². The minimum absolute atomic E-state index is 0.136. The van der Waals surface area contributed by atoms with Crippen LogP contribution >= 0.6 is 0 Å². The van der Waals surface area contributed by atoms with E-state index in [4.69, 9.17) is 0 Å². The molecule has 1 aliphatic rings. The third kappa shape index (κ3) is 2.88. The number of hydrogen-bond acceptors (Lipinski definition) is 2. The van der Waals surface area contributed by atoms with E-state index in [2.05, 4.69) is 48.2 Å². The van der Waals surface area contributed by atoms with Crippen LogP contribution in [0.5, 0.6) is 0 Å². The molecular formula is C18H25N3O. The lowest BCUT2D eigenvalue weighted by molar-refractivity contribution is -0.117. The first-order valence-electron chi connectivity index (χ1n) is 8.12. The van der Waals surface area contributed by atoms with Gasteiger partial charge in [-0.1, -0.05) is 0 Å². The first-order chi connectivity index (χ1) is 10.6. The van der Waals surface area contributed by atoms with Gasteiger partial charge in [0.1, 0.15) is 0 Å². The number of carbonyl (C=O) groups is 1. The van der Waals surface area contributed by atoms with E-state index in [0.29, 0.717) is 12.3 Å². The largest absolute Gasteiger partial charge is 0.348 e. The highest BCUT2D eigenvalue weighted by Gasteiger charge is 2.17. The molecule has 22 heavy (non-hydrogen) atoms. The summed E-state index contributed by atoms with van der Waals surface area (Å²) in [6, 6.07) is 6.19. The highest BCUT2D eigenvalue weighted by atomic mass is 16.1. The molecule has 0 unspecified atom stereocenters. The zero-order valence-electron chi connectivity index (χ0n) is 13.7. The number of fused-ring (bicyclic) bond motifs is 1. The Morgan fingerprint density at radius 3 is 2.77 bits per heavy atom. The van der Waals surface area contributed by atoms with E-state index in [1.807, 2.05) is 6.07 Å². The number of anilines is 1. The molecule has 0 atom stereocenters. The maximum Gasteiger partial charge on any atom is 0.224 e. The molecule has 2 heterocycles. The predicted octanol–water partition coefficient (Wildman–Crippen LogP) is 3.12. The van der Waals surface area contributed by atoms with Crippen molar-refractivity contribution in [1.82, 2.24) is 9.88 Å². The van der Waals surface area contributed by atoms with Crippen molar-refractivity contribution in [3.63, 3.8) is 0 Å². The number of carbonyl (C=O) groups excluding carboxylic acids is 1. The highest BCUT2D eigenvalue weighted by Crippen LogP contribution is 2.27. The van der Waals surface area contributed by atoms with Gasteiger partial charge in [-0.05, 0) is 69.5 Å². The number of aromatic nitrogens is 1. The lowest BCUT2D eigenvalue weighted by Gasteiger charge is -2.21.